The highest BCUT2D eigenvalue weighted by molar-refractivity contribution is 6.05. The lowest BCUT2D eigenvalue weighted by Gasteiger charge is -2.29. The first-order valence-electron chi connectivity index (χ1n) is 9.41. The quantitative estimate of drug-likeness (QED) is 0.614. The second-order valence-corrected chi connectivity index (χ2v) is 7.25. The average Bonchev–Trinajstić information content (AvgIpc) is 3.34. The van der Waals surface area contributed by atoms with Crippen molar-refractivity contribution in [2.45, 2.75) is 25.4 Å². The zero-order valence-electron chi connectivity index (χ0n) is 15.8. The van der Waals surface area contributed by atoms with E-state index < -0.39 is 11.9 Å². The summed E-state index contributed by atoms with van der Waals surface area (Å²) in [6.45, 7) is 0.329. The molecule has 1 unspecified atom stereocenters. The van der Waals surface area contributed by atoms with Gasteiger partial charge in [0.2, 0.25) is 11.8 Å². The van der Waals surface area contributed by atoms with Gasteiger partial charge in [-0.1, -0.05) is 11.3 Å². The van der Waals surface area contributed by atoms with Crippen LogP contribution in [-0.2, 0) is 16.1 Å². The molecular formula is C20H17N7O3. The van der Waals surface area contributed by atoms with Crippen LogP contribution in [0.3, 0.4) is 0 Å². The molecule has 5 rings (SSSR count). The molecule has 0 bridgehead atoms. The van der Waals surface area contributed by atoms with Crippen molar-refractivity contribution in [3.05, 3.63) is 54.0 Å². The molecule has 0 saturated carbocycles. The third-order valence-electron chi connectivity index (χ3n) is 5.40. The number of nitrogens with two attached hydrogens (primary N) is 1. The van der Waals surface area contributed by atoms with E-state index in [0.29, 0.717) is 41.2 Å². The summed E-state index contributed by atoms with van der Waals surface area (Å²) in [6.07, 6.45) is 5.49. The summed E-state index contributed by atoms with van der Waals surface area (Å²) < 4.78 is 1.56. The maximum atomic E-state index is 13.0. The van der Waals surface area contributed by atoms with Gasteiger partial charge in [0.1, 0.15) is 11.7 Å². The number of nitrogens with one attached hydrogen (secondary N) is 1. The predicted octanol–water partition coefficient (Wildman–Crippen LogP) is 0.672. The molecule has 3 N–H and O–H groups in total. The number of amides is 3. The monoisotopic (exact) mass is 403 g/mol. The van der Waals surface area contributed by atoms with Crippen LogP contribution in [-0.4, -0.2) is 48.6 Å². The molecule has 3 amide bonds. The molecule has 1 fully saturated rings. The fourth-order valence-electron chi connectivity index (χ4n) is 3.82. The molecule has 3 aromatic rings. The molecule has 0 radical (unpaired) electrons. The molecule has 4 heterocycles. The molecule has 0 spiro atoms. The van der Waals surface area contributed by atoms with E-state index in [1.165, 1.54) is 4.90 Å². The summed E-state index contributed by atoms with van der Waals surface area (Å²) in [5.41, 5.74) is 9.75. The van der Waals surface area contributed by atoms with Crippen LogP contribution in [0.5, 0.6) is 0 Å². The van der Waals surface area contributed by atoms with Crippen molar-refractivity contribution >= 4 is 23.4 Å². The van der Waals surface area contributed by atoms with Gasteiger partial charge in [0.25, 0.3) is 5.91 Å². The lowest BCUT2D eigenvalue weighted by Crippen LogP contribution is -2.52. The van der Waals surface area contributed by atoms with Gasteiger partial charge >= 0.3 is 0 Å². The van der Waals surface area contributed by atoms with E-state index in [1.54, 1.807) is 35.4 Å². The highest BCUT2D eigenvalue weighted by Gasteiger charge is 2.39. The number of carbonyl (C=O) groups excluding carboxylic acids is 3. The number of rotatable bonds is 3. The van der Waals surface area contributed by atoms with Crippen molar-refractivity contribution in [2.75, 3.05) is 5.73 Å². The summed E-state index contributed by atoms with van der Waals surface area (Å²) in [5.74, 6) is -0.972. The Hall–Kier alpha value is -4.08. The zero-order valence-corrected chi connectivity index (χ0v) is 15.8. The van der Waals surface area contributed by atoms with Gasteiger partial charge in [-0.2, -0.15) is 0 Å². The van der Waals surface area contributed by atoms with Crippen LogP contribution >= 0.6 is 0 Å². The molecule has 2 aliphatic heterocycles. The molecule has 0 aliphatic carbocycles. The van der Waals surface area contributed by atoms with Crippen LogP contribution in [0, 0.1) is 0 Å². The number of nitrogens with zero attached hydrogens (tertiary/aromatic N) is 5. The lowest BCUT2D eigenvalue weighted by molar-refractivity contribution is -0.136. The van der Waals surface area contributed by atoms with E-state index in [2.05, 4.69) is 20.6 Å². The minimum atomic E-state index is -0.641. The van der Waals surface area contributed by atoms with Gasteiger partial charge in [0.15, 0.2) is 0 Å². The fraction of sp³-hybridized carbons (Fsp3) is 0.200. The molecule has 10 nitrogen and oxygen atoms in total. The smallest absolute Gasteiger partial charge is 0.255 e. The Kier molecular flexibility index (Phi) is 4.05. The van der Waals surface area contributed by atoms with Gasteiger partial charge in [0, 0.05) is 42.2 Å². The molecule has 2 aliphatic rings. The normalized spacial score (nSPS) is 18.5. The van der Waals surface area contributed by atoms with E-state index in [0.717, 1.165) is 5.56 Å². The van der Waals surface area contributed by atoms with Gasteiger partial charge in [-0.3, -0.25) is 24.7 Å². The number of piperidine rings is 1. The van der Waals surface area contributed by atoms with E-state index in [1.807, 2.05) is 12.1 Å². The highest BCUT2D eigenvalue weighted by atomic mass is 16.2. The number of hydrogen-bond acceptors (Lipinski definition) is 7. The van der Waals surface area contributed by atoms with Crippen LogP contribution < -0.4 is 11.1 Å². The van der Waals surface area contributed by atoms with Gasteiger partial charge in [0.05, 0.1) is 11.9 Å². The van der Waals surface area contributed by atoms with E-state index in [9.17, 15) is 14.4 Å². The minimum Gasteiger partial charge on any atom is -0.398 e. The largest absolute Gasteiger partial charge is 0.398 e. The Bertz CT molecular complexity index is 1200. The summed E-state index contributed by atoms with van der Waals surface area (Å²) in [4.78, 5) is 42.1. The Morgan fingerprint density at radius 3 is 2.80 bits per heavy atom. The summed E-state index contributed by atoms with van der Waals surface area (Å²) in [6, 6.07) is 6.46. The number of pyridine rings is 1. The van der Waals surface area contributed by atoms with Crippen LogP contribution in [0.15, 0.2) is 42.9 Å². The average molecular weight is 403 g/mol. The second kappa shape index (κ2) is 6.76. The van der Waals surface area contributed by atoms with Crippen molar-refractivity contribution in [2.24, 2.45) is 0 Å². The number of imide groups is 1. The number of benzene rings is 1. The number of aromatic nitrogens is 4. The SMILES string of the molecule is Nc1ccncc1-c1cn(-c2ccc3c(c2)C(=O)N(C2CCC(=O)NC2=O)C3)nn1. The lowest BCUT2D eigenvalue weighted by atomic mass is 10.0. The zero-order chi connectivity index (χ0) is 20.8. The van der Waals surface area contributed by atoms with Gasteiger partial charge < -0.3 is 10.6 Å². The van der Waals surface area contributed by atoms with Crippen molar-refractivity contribution in [1.29, 1.82) is 0 Å². The molecule has 1 atom stereocenters. The maximum Gasteiger partial charge on any atom is 0.255 e. The molecule has 1 aromatic carbocycles. The fourth-order valence-corrected chi connectivity index (χ4v) is 3.82. The van der Waals surface area contributed by atoms with Crippen molar-refractivity contribution in [3.63, 3.8) is 0 Å². The topological polar surface area (TPSA) is 136 Å². The Labute approximate surface area is 170 Å². The predicted molar refractivity (Wildman–Crippen MR) is 105 cm³/mol. The van der Waals surface area contributed by atoms with Crippen LogP contribution in [0.4, 0.5) is 5.69 Å². The summed E-state index contributed by atoms with van der Waals surface area (Å²) in [5, 5.41) is 10.6. The first-order chi connectivity index (χ1) is 14.5. The first-order valence-corrected chi connectivity index (χ1v) is 9.41. The van der Waals surface area contributed by atoms with Crippen LogP contribution in [0.25, 0.3) is 16.9 Å². The first kappa shape index (κ1) is 18.0. The van der Waals surface area contributed by atoms with Crippen molar-refractivity contribution in [3.8, 4) is 16.9 Å². The van der Waals surface area contributed by atoms with Crippen LogP contribution in [0.2, 0.25) is 0 Å². The van der Waals surface area contributed by atoms with Gasteiger partial charge in [-0.05, 0) is 30.2 Å². The van der Waals surface area contributed by atoms with Crippen LogP contribution in [0.1, 0.15) is 28.8 Å². The van der Waals surface area contributed by atoms with E-state index >= 15 is 0 Å². The second-order valence-electron chi connectivity index (χ2n) is 7.25. The summed E-state index contributed by atoms with van der Waals surface area (Å²) in [7, 11) is 0. The van der Waals surface area contributed by atoms with Crippen molar-refractivity contribution < 1.29 is 14.4 Å². The Morgan fingerprint density at radius 2 is 2.00 bits per heavy atom. The number of nitrogen functional groups attached to an aromatic ring is 1. The van der Waals surface area contributed by atoms with Crippen molar-refractivity contribution in [1.82, 2.24) is 30.2 Å². The Morgan fingerprint density at radius 1 is 1.13 bits per heavy atom. The van der Waals surface area contributed by atoms with Gasteiger partial charge in [-0.25, -0.2) is 4.68 Å². The maximum absolute atomic E-state index is 13.0. The summed E-state index contributed by atoms with van der Waals surface area (Å²) >= 11 is 0. The molecule has 150 valence electrons. The van der Waals surface area contributed by atoms with Gasteiger partial charge in [-0.15, -0.1) is 5.10 Å². The molecule has 10 heteroatoms. The highest BCUT2D eigenvalue weighted by Crippen LogP contribution is 2.29. The minimum absolute atomic E-state index is 0.223. The number of fused-ring (bicyclic) bond motifs is 1. The number of carbonyl (C=O) groups is 3. The third-order valence-corrected chi connectivity index (χ3v) is 5.40. The number of anilines is 1. The third kappa shape index (κ3) is 2.89. The molecule has 30 heavy (non-hydrogen) atoms. The van der Waals surface area contributed by atoms with E-state index in [-0.39, 0.29) is 18.2 Å². The molecule has 1 saturated heterocycles. The number of hydrogen-bond donors (Lipinski definition) is 2. The standard InChI is InChI=1S/C20H17N7O3/c21-15-5-6-22-8-14(15)16-10-27(25-24-16)12-2-1-11-9-26(20(30)13(11)7-12)17-3-4-18(28)23-19(17)29/h1-2,5-8,10,17H,3-4,9H2,(H2,21,22)(H,23,28,29). The molecular weight excluding hydrogens is 386 g/mol. The Balaban J connectivity index is 1.43. The van der Waals surface area contributed by atoms with E-state index in [4.69, 9.17) is 5.73 Å². The molecule has 2 aromatic heterocycles.